The number of carbonyl (C=O) groups excluding carboxylic acids is 1. The Morgan fingerprint density at radius 3 is 2.36 bits per heavy atom. The average Bonchev–Trinajstić information content (AvgIpc) is 2.56. The minimum absolute atomic E-state index is 0.280. The van der Waals surface area contributed by atoms with Crippen LogP contribution < -0.4 is 16.0 Å². The standard InChI is InChI=1S/C17H25N3O5/c1-12-5-7-13(8-6-12)10-18-9-3-2-4-14(16(23)24)20-17(25)19-11-15(21)22/h5-8,14,18H,2-4,9-11H2,1H3,(H,21,22)(H,23,24)(H2,19,20,25)/t14-/m0/s1. The van der Waals surface area contributed by atoms with E-state index in [4.69, 9.17) is 10.2 Å². The maximum atomic E-state index is 11.4. The van der Waals surface area contributed by atoms with Crippen molar-refractivity contribution in [1.29, 1.82) is 0 Å². The summed E-state index contributed by atoms with van der Waals surface area (Å²) >= 11 is 0. The number of unbranched alkanes of at least 4 members (excludes halogenated alkanes) is 1. The van der Waals surface area contributed by atoms with Crippen LogP contribution in [-0.4, -0.2) is 47.3 Å². The molecule has 0 aliphatic rings. The van der Waals surface area contributed by atoms with Crippen molar-refractivity contribution in [3.63, 3.8) is 0 Å². The van der Waals surface area contributed by atoms with Crippen LogP contribution in [0.3, 0.4) is 0 Å². The molecule has 0 aliphatic carbocycles. The summed E-state index contributed by atoms with van der Waals surface area (Å²) < 4.78 is 0. The Kier molecular flexibility index (Phi) is 9.02. The Bertz CT molecular complexity index is 574. The molecule has 8 nitrogen and oxygen atoms in total. The maximum absolute atomic E-state index is 11.4. The molecule has 2 amide bonds. The van der Waals surface area contributed by atoms with Crippen molar-refractivity contribution in [2.24, 2.45) is 0 Å². The highest BCUT2D eigenvalue weighted by Gasteiger charge is 2.19. The third kappa shape index (κ3) is 9.31. The van der Waals surface area contributed by atoms with E-state index in [1.54, 1.807) is 0 Å². The molecule has 0 saturated carbocycles. The number of carbonyl (C=O) groups is 3. The molecule has 1 aromatic rings. The summed E-state index contributed by atoms with van der Waals surface area (Å²) in [5.41, 5.74) is 2.40. The van der Waals surface area contributed by atoms with Crippen molar-refractivity contribution in [1.82, 2.24) is 16.0 Å². The molecule has 25 heavy (non-hydrogen) atoms. The van der Waals surface area contributed by atoms with E-state index >= 15 is 0 Å². The summed E-state index contributed by atoms with van der Waals surface area (Å²) in [4.78, 5) is 32.9. The van der Waals surface area contributed by atoms with Gasteiger partial charge in [0, 0.05) is 6.54 Å². The van der Waals surface area contributed by atoms with Gasteiger partial charge in [0.05, 0.1) is 0 Å². The number of urea groups is 1. The SMILES string of the molecule is Cc1ccc(CNCCCC[C@H](NC(=O)NCC(=O)O)C(=O)O)cc1. The average molecular weight is 351 g/mol. The molecule has 1 aromatic carbocycles. The normalized spacial score (nSPS) is 11.6. The van der Waals surface area contributed by atoms with Gasteiger partial charge in [-0.2, -0.15) is 0 Å². The molecule has 0 unspecified atom stereocenters. The molecule has 0 spiro atoms. The number of rotatable bonds is 11. The van der Waals surface area contributed by atoms with Crippen LogP contribution in [0.1, 0.15) is 30.4 Å². The molecular formula is C17H25N3O5. The minimum Gasteiger partial charge on any atom is -0.480 e. The van der Waals surface area contributed by atoms with E-state index in [0.717, 1.165) is 19.5 Å². The van der Waals surface area contributed by atoms with Crippen molar-refractivity contribution in [3.05, 3.63) is 35.4 Å². The quantitative estimate of drug-likeness (QED) is 0.380. The third-order valence-corrected chi connectivity index (χ3v) is 3.55. The number of carboxylic acid groups (broad SMARTS) is 2. The molecule has 1 rings (SSSR count). The van der Waals surface area contributed by atoms with Crippen LogP contribution in [0, 0.1) is 6.92 Å². The number of aryl methyl sites for hydroxylation is 1. The first-order valence-corrected chi connectivity index (χ1v) is 8.13. The molecule has 0 saturated heterocycles. The lowest BCUT2D eigenvalue weighted by Gasteiger charge is -2.14. The Hall–Kier alpha value is -2.61. The van der Waals surface area contributed by atoms with Crippen molar-refractivity contribution in [2.75, 3.05) is 13.1 Å². The molecule has 5 N–H and O–H groups in total. The number of hydrogen-bond acceptors (Lipinski definition) is 4. The second-order valence-corrected chi connectivity index (χ2v) is 5.77. The lowest BCUT2D eigenvalue weighted by Crippen LogP contribution is -2.47. The fourth-order valence-corrected chi connectivity index (χ4v) is 2.16. The zero-order valence-corrected chi connectivity index (χ0v) is 14.2. The highest BCUT2D eigenvalue weighted by molar-refractivity contribution is 5.84. The van der Waals surface area contributed by atoms with Crippen LogP contribution >= 0.6 is 0 Å². The molecule has 8 heteroatoms. The number of amides is 2. The lowest BCUT2D eigenvalue weighted by atomic mass is 10.1. The Morgan fingerprint density at radius 1 is 1.08 bits per heavy atom. The Balaban J connectivity index is 2.19. The summed E-state index contributed by atoms with van der Waals surface area (Å²) in [6.45, 7) is 2.97. The predicted molar refractivity (Wildman–Crippen MR) is 92.3 cm³/mol. The summed E-state index contributed by atoms with van der Waals surface area (Å²) in [6, 6.07) is 6.38. The monoisotopic (exact) mass is 351 g/mol. The summed E-state index contributed by atoms with van der Waals surface area (Å²) in [6.07, 6.45) is 1.67. The summed E-state index contributed by atoms with van der Waals surface area (Å²) in [7, 11) is 0. The first-order chi connectivity index (χ1) is 11.9. The van der Waals surface area contributed by atoms with E-state index < -0.39 is 30.6 Å². The van der Waals surface area contributed by atoms with Crippen LogP contribution in [0.25, 0.3) is 0 Å². The highest BCUT2D eigenvalue weighted by Crippen LogP contribution is 2.04. The van der Waals surface area contributed by atoms with Crippen molar-refractivity contribution < 1.29 is 24.6 Å². The third-order valence-electron chi connectivity index (χ3n) is 3.55. The van der Waals surface area contributed by atoms with Gasteiger partial charge in [0.2, 0.25) is 0 Å². The van der Waals surface area contributed by atoms with Crippen LogP contribution in [0.5, 0.6) is 0 Å². The smallest absolute Gasteiger partial charge is 0.326 e. The summed E-state index contributed by atoms with van der Waals surface area (Å²) in [5, 5.41) is 25.2. The van der Waals surface area contributed by atoms with Crippen LogP contribution in [0.2, 0.25) is 0 Å². The van der Waals surface area contributed by atoms with Gasteiger partial charge in [0.1, 0.15) is 12.6 Å². The molecule has 138 valence electrons. The fourth-order valence-electron chi connectivity index (χ4n) is 2.16. The molecular weight excluding hydrogens is 326 g/mol. The van der Waals surface area contributed by atoms with Gasteiger partial charge in [-0.05, 0) is 38.3 Å². The van der Waals surface area contributed by atoms with Gasteiger partial charge in [-0.25, -0.2) is 9.59 Å². The molecule has 1 atom stereocenters. The van der Waals surface area contributed by atoms with E-state index in [2.05, 4.69) is 40.2 Å². The molecule has 0 heterocycles. The number of hydrogen-bond donors (Lipinski definition) is 5. The zero-order chi connectivity index (χ0) is 18.7. The second kappa shape index (κ2) is 11.0. The molecule has 0 bridgehead atoms. The van der Waals surface area contributed by atoms with Gasteiger partial charge in [-0.15, -0.1) is 0 Å². The number of nitrogens with one attached hydrogen (secondary N) is 3. The van der Waals surface area contributed by atoms with Gasteiger partial charge < -0.3 is 26.2 Å². The summed E-state index contributed by atoms with van der Waals surface area (Å²) in [5.74, 6) is -2.33. The predicted octanol–water partition coefficient (Wildman–Crippen LogP) is 1.09. The molecule has 0 aliphatic heterocycles. The van der Waals surface area contributed by atoms with Crippen molar-refractivity contribution >= 4 is 18.0 Å². The van der Waals surface area contributed by atoms with E-state index in [1.807, 2.05) is 6.92 Å². The first-order valence-electron chi connectivity index (χ1n) is 8.13. The van der Waals surface area contributed by atoms with Crippen molar-refractivity contribution in [3.8, 4) is 0 Å². The number of carboxylic acids is 2. The maximum Gasteiger partial charge on any atom is 0.326 e. The van der Waals surface area contributed by atoms with Crippen LogP contribution in [-0.2, 0) is 16.1 Å². The topological polar surface area (TPSA) is 128 Å². The van der Waals surface area contributed by atoms with Gasteiger partial charge in [-0.1, -0.05) is 29.8 Å². The Labute approximate surface area is 146 Å². The lowest BCUT2D eigenvalue weighted by molar-refractivity contribution is -0.139. The van der Waals surface area contributed by atoms with Crippen molar-refractivity contribution in [2.45, 2.75) is 38.8 Å². The molecule has 0 radical (unpaired) electrons. The minimum atomic E-state index is -1.19. The molecule has 0 aromatic heterocycles. The Morgan fingerprint density at radius 2 is 1.76 bits per heavy atom. The van der Waals surface area contributed by atoms with Crippen LogP contribution in [0.4, 0.5) is 4.79 Å². The first kappa shape index (κ1) is 20.4. The largest absolute Gasteiger partial charge is 0.480 e. The van der Waals surface area contributed by atoms with Gasteiger partial charge in [-0.3, -0.25) is 4.79 Å². The van der Waals surface area contributed by atoms with Crippen LogP contribution in [0.15, 0.2) is 24.3 Å². The highest BCUT2D eigenvalue weighted by atomic mass is 16.4. The van der Waals surface area contributed by atoms with E-state index in [1.165, 1.54) is 11.1 Å². The zero-order valence-electron chi connectivity index (χ0n) is 14.2. The van der Waals surface area contributed by atoms with E-state index in [9.17, 15) is 14.4 Å². The van der Waals surface area contributed by atoms with Gasteiger partial charge in [0.15, 0.2) is 0 Å². The number of aliphatic carboxylic acids is 2. The second-order valence-electron chi connectivity index (χ2n) is 5.77. The number of benzene rings is 1. The fraction of sp³-hybridized carbons (Fsp3) is 0.471. The van der Waals surface area contributed by atoms with E-state index in [0.29, 0.717) is 6.42 Å². The molecule has 0 fully saturated rings. The van der Waals surface area contributed by atoms with Gasteiger partial charge >= 0.3 is 18.0 Å². The van der Waals surface area contributed by atoms with Gasteiger partial charge in [0.25, 0.3) is 0 Å². The van der Waals surface area contributed by atoms with E-state index in [-0.39, 0.29) is 6.42 Å².